The van der Waals surface area contributed by atoms with E-state index in [1.54, 1.807) is 7.11 Å². The van der Waals surface area contributed by atoms with Crippen molar-refractivity contribution in [1.29, 1.82) is 5.26 Å². The summed E-state index contributed by atoms with van der Waals surface area (Å²) in [5.41, 5.74) is 0. The number of methoxy groups -OCH3 is 1. The number of hydrogen-bond donors (Lipinski definition) is 0. The van der Waals surface area contributed by atoms with Crippen molar-refractivity contribution in [3.05, 3.63) is 12.2 Å². The summed E-state index contributed by atoms with van der Waals surface area (Å²) in [6, 6.07) is 2.72. The number of allylic oxidation sites excluding steroid dienone is 1. The Labute approximate surface area is 92.3 Å². The molecule has 1 atom stereocenters. The van der Waals surface area contributed by atoms with Crippen LogP contribution < -0.4 is 0 Å². The smallest absolute Gasteiger partial charge is 0.0635 e. The summed E-state index contributed by atoms with van der Waals surface area (Å²) < 4.78 is 5.09. The van der Waals surface area contributed by atoms with Gasteiger partial charge in [0, 0.05) is 32.7 Å². The van der Waals surface area contributed by atoms with Gasteiger partial charge in [0.15, 0.2) is 0 Å². The fourth-order valence-corrected chi connectivity index (χ4v) is 1.94. The molecule has 0 N–H and O–H groups in total. The van der Waals surface area contributed by atoms with Crippen molar-refractivity contribution in [2.75, 3.05) is 26.8 Å². The minimum atomic E-state index is 0.516. The third kappa shape index (κ3) is 4.46. The second-order valence-corrected chi connectivity index (χ2v) is 3.86. The van der Waals surface area contributed by atoms with Crippen LogP contribution in [-0.4, -0.2) is 37.7 Å². The van der Waals surface area contributed by atoms with E-state index in [1.807, 2.05) is 0 Å². The highest BCUT2D eigenvalue weighted by molar-refractivity contribution is 4.99. The molecule has 84 valence electrons. The van der Waals surface area contributed by atoms with Crippen LogP contribution in [0.1, 0.15) is 25.7 Å². The van der Waals surface area contributed by atoms with E-state index in [-0.39, 0.29) is 0 Å². The van der Waals surface area contributed by atoms with Gasteiger partial charge in [-0.3, -0.25) is 4.90 Å². The minimum Gasteiger partial charge on any atom is -0.383 e. The molecule has 0 aliphatic heterocycles. The Kier molecular flexibility index (Phi) is 6.06. The summed E-state index contributed by atoms with van der Waals surface area (Å²) in [4.78, 5) is 2.35. The number of nitriles is 1. The third-order valence-electron chi connectivity index (χ3n) is 2.79. The van der Waals surface area contributed by atoms with Crippen LogP contribution in [0.15, 0.2) is 12.2 Å². The average Bonchev–Trinajstić information content (AvgIpc) is 2.30. The minimum absolute atomic E-state index is 0.516. The van der Waals surface area contributed by atoms with Crippen molar-refractivity contribution in [3.8, 4) is 6.07 Å². The zero-order chi connectivity index (χ0) is 10.9. The molecule has 3 nitrogen and oxygen atoms in total. The van der Waals surface area contributed by atoms with Crippen molar-refractivity contribution in [2.24, 2.45) is 0 Å². The number of rotatable bonds is 6. The van der Waals surface area contributed by atoms with E-state index in [0.29, 0.717) is 12.5 Å². The van der Waals surface area contributed by atoms with E-state index >= 15 is 0 Å². The van der Waals surface area contributed by atoms with Crippen molar-refractivity contribution < 1.29 is 4.74 Å². The largest absolute Gasteiger partial charge is 0.383 e. The Balaban J connectivity index is 2.42. The predicted molar refractivity (Wildman–Crippen MR) is 60.5 cm³/mol. The highest BCUT2D eigenvalue weighted by atomic mass is 16.5. The van der Waals surface area contributed by atoms with E-state index in [2.05, 4.69) is 23.1 Å². The van der Waals surface area contributed by atoms with Gasteiger partial charge in [0.1, 0.15) is 0 Å². The molecule has 1 aliphatic rings. The van der Waals surface area contributed by atoms with Crippen molar-refractivity contribution >= 4 is 0 Å². The highest BCUT2D eigenvalue weighted by Crippen LogP contribution is 2.16. The molecular formula is C12H20N2O. The topological polar surface area (TPSA) is 36.3 Å². The lowest BCUT2D eigenvalue weighted by atomic mass is 10.0. The molecule has 0 radical (unpaired) electrons. The molecule has 0 aromatic heterocycles. The zero-order valence-corrected chi connectivity index (χ0v) is 9.48. The summed E-state index contributed by atoms with van der Waals surface area (Å²) in [5.74, 6) is 0. The van der Waals surface area contributed by atoms with E-state index < -0.39 is 0 Å². The molecule has 0 spiro atoms. The van der Waals surface area contributed by atoms with E-state index in [1.165, 1.54) is 19.3 Å². The number of nitrogens with zero attached hydrogens (tertiary/aromatic N) is 2. The molecule has 1 aliphatic carbocycles. The van der Waals surface area contributed by atoms with Gasteiger partial charge in [-0.15, -0.1) is 0 Å². The van der Waals surface area contributed by atoms with Gasteiger partial charge in [-0.1, -0.05) is 12.2 Å². The van der Waals surface area contributed by atoms with Gasteiger partial charge in [-0.25, -0.2) is 0 Å². The van der Waals surface area contributed by atoms with E-state index in [9.17, 15) is 0 Å². The molecular weight excluding hydrogens is 188 g/mol. The maximum Gasteiger partial charge on any atom is 0.0635 e. The highest BCUT2D eigenvalue weighted by Gasteiger charge is 2.16. The lowest BCUT2D eigenvalue weighted by Gasteiger charge is -2.30. The summed E-state index contributed by atoms with van der Waals surface area (Å²) >= 11 is 0. The van der Waals surface area contributed by atoms with Crippen LogP contribution >= 0.6 is 0 Å². The Morgan fingerprint density at radius 1 is 1.53 bits per heavy atom. The molecule has 1 unspecified atom stereocenters. The molecule has 3 heteroatoms. The molecule has 0 bridgehead atoms. The quantitative estimate of drug-likeness (QED) is 0.626. The van der Waals surface area contributed by atoms with E-state index in [4.69, 9.17) is 10.00 Å². The number of ether oxygens (including phenoxy) is 1. The molecule has 0 saturated heterocycles. The predicted octanol–water partition coefficient (Wildman–Crippen LogP) is 1.96. The average molecular weight is 208 g/mol. The second-order valence-electron chi connectivity index (χ2n) is 3.86. The fraction of sp³-hybridized carbons (Fsp3) is 0.750. The van der Waals surface area contributed by atoms with Gasteiger partial charge in [0.25, 0.3) is 0 Å². The summed E-state index contributed by atoms with van der Waals surface area (Å²) in [6.07, 6.45) is 8.81. The molecule has 15 heavy (non-hydrogen) atoms. The van der Waals surface area contributed by atoms with Crippen LogP contribution in [0.2, 0.25) is 0 Å². The summed E-state index contributed by atoms with van der Waals surface area (Å²) in [7, 11) is 1.72. The van der Waals surface area contributed by atoms with Crippen molar-refractivity contribution in [3.63, 3.8) is 0 Å². The van der Waals surface area contributed by atoms with Crippen LogP contribution in [0.25, 0.3) is 0 Å². The second kappa shape index (κ2) is 7.44. The SMILES string of the molecule is COCCN(CCC#N)C1C=CCCC1. The lowest BCUT2D eigenvalue weighted by molar-refractivity contribution is 0.129. The Morgan fingerprint density at radius 3 is 3.00 bits per heavy atom. The first-order chi connectivity index (χ1) is 7.38. The standard InChI is InChI=1S/C12H20N2O/c1-15-11-10-14(9-5-8-13)12-6-3-2-4-7-12/h3,6,12H,2,4-5,7,9-11H2,1H3. The van der Waals surface area contributed by atoms with Gasteiger partial charge < -0.3 is 4.74 Å². The maximum absolute atomic E-state index is 8.61. The Morgan fingerprint density at radius 2 is 2.40 bits per heavy atom. The van der Waals surface area contributed by atoms with Crippen LogP contribution in [0.4, 0.5) is 0 Å². The molecule has 0 aromatic carbocycles. The van der Waals surface area contributed by atoms with Crippen LogP contribution in [0.5, 0.6) is 0 Å². The van der Waals surface area contributed by atoms with E-state index in [0.717, 1.165) is 19.7 Å². The molecule has 0 aromatic rings. The van der Waals surface area contributed by atoms with Crippen molar-refractivity contribution in [1.82, 2.24) is 4.90 Å². The summed E-state index contributed by atoms with van der Waals surface area (Å²) in [6.45, 7) is 2.53. The first-order valence-electron chi connectivity index (χ1n) is 5.65. The molecule has 0 amide bonds. The fourth-order valence-electron chi connectivity index (χ4n) is 1.94. The first-order valence-corrected chi connectivity index (χ1v) is 5.65. The van der Waals surface area contributed by atoms with Gasteiger partial charge in [-0.2, -0.15) is 5.26 Å². The monoisotopic (exact) mass is 208 g/mol. The van der Waals surface area contributed by atoms with Crippen LogP contribution in [0, 0.1) is 11.3 Å². The van der Waals surface area contributed by atoms with Gasteiger partial charge >= 0.3 is 0 Å². The maximum atomic E-state index is 8.61. The normalized spacial score (nSPS) is 20.5. The number of hydrogen-bond acceptors (Lipinski definition) is 3. The molecule has 0 saturated carbocycles. The van der Waals surface area contributed by atoms with Crippen LogP contribution in [-0.2, 0) is 4.74 Å². The third-order valence-corrected chi connectivity index (χ3v) is 2.79. The summed E-state index contributed by atoms with van der Waals surface area (Å²) in [5, 5.41) is 8.61. The zero-order valence-electron chi connectivity index (χ0n) is 9.48. The molecule has 0 heterocycles. The van der Waals surface area contributed by atoms with Gasteiger partial charge in [0.05, 0.1) is 12.7 Å². The first kappa shape index (κ1) is 12.2. The Bertz CT molecular complexity index is 232. The Hall–Kier alpha value is -0.850. The van der Waals surface area contributed by atoms with Crippen LogP contribution in [0.3, 0.4) is 0 Å². The van der Waals surface area contributed by atoms with Gasteiger partial charge in [-0.05, 0) is 19.3 Å². The van der Waals surface area contributed by atoms with Gasteiger partial charge in [0.2, 0.25) is 0 Å². The molecule has 0 fully saturated rings. The lowest BCUT2D eigenvalue weighted by Crippen LogP contribution is -2.37. The van der Waals surface area contributed by atoms with Crippen molar-refractivity contribution in [2.45, 2.75) is 31.7 Å². The molecule has 1 rings (SSSR count).